The number of rotatable bonds is 0. The molecule has 1 aliphatic carbocycles. The zero-order valence-electron chi connectivity index (χ0n) is 9.72. The maximum atomic E-state index is 6.16. The lowest BCUT2D eigenvalue weighted by atomic mass is 9.84. The number of nitrogen functional groups attached to an aromatic ring is 1. The predicted molar refractivity (Wildman–Crippen MR) is 65.7 cm³/mol. The minimum Gasteiger partial charge on any atom is -0.398 e. The average Bonchev–Trinajstić information content (AvgIpc) is 2.25. The van der Waals surface area contributed by atoms with Crippen LogP contribution in [0.3, 0.4) is 0 Å². The van der Waals surface area contributed by atoms with Crippen LogP contribution < -0.4 is 5.73 Å². The maximum Gasteiger partial charge on any atom is 0.0440 e. The fourth-order valence-electron chi connectivity index (χ4n) is 2.48. The van der Waals surface area contributed by atoms with Crippen molar-refractivity contribution in [1.29, 1.82) is 0 Å². The van der Waals surface area contributed by atoms with Gasteiger partial charge in [0.2, 0.25) is 0 Å². The summed E-state index contributed by atoms with van der Waals surface area (Å²) in [6.07, 6.45) is 3.41. The number of hydrogen-bond acceptors (Lipinski definition) is 2. The van der Waals surface area contributed by atoms with Gasteiger partial charge in [0.1, 0.15) is 0 Å². The Kier molecular flexibility index (Phi) is 2.51. The van der Waals surface area contributed by atoms with Crippen LogP contribution in [0, 0.1) is 13.8 Å². The smallest absolute Gasteiger partial charge is 0.0440 e. The van der Waals surface area contributed by atoms with Crippen LogP contribution in [0.15, 0.2) is 11.1 Å². The van der Waals surface area contributed by atoms with Crippen molar-refractivity contribution < 1.29 is 0 Å². The normalized spacial score (nSPS) is 17.9. The zero-order valence-corrected chi connectivity index (χ0v) is 9.72. The van der Waals surface area contributed by atoms with E-state index in [2.05, 4.69) is 24.9 Å². The molecule has 2 N–H and O–H groups in total. The number of hydrogen-bond donors (Lipinski definition) is 1. The first kappa shape index (κ1) is 10.2. The molecule has 0 unspecified atom stereocenters. The predicted octanol–water partition coefficient (Wildman–Crippen LogP) is 2.64. The molecule has 80 valence electrons. The lowest BCUT2D eigenvalue weighted by Gasteiger charge is -2.23. The number of fused-ring (bicyclic) bond motifs is 1. The molecular formula is C13H18N2. The molecule has 2 nitrogen and oxygen atoms in total. The van der Waals surface area contributed by atoms with E-state index in [0.717, 1.165) is 18.5 Å². The third-order valence-corrected chi connectivity index (χ3v) is 3.30. The summed E-state index contributed by atoms with van der Waals surface area (Å²) in [4.78, 5) is 4.37. The third-order valence-electron chi connectivity index (χ3n) is 3.30. The van der Waals surface area contributed by atoms with Gasteiger partial charge in [-0.15, -0.1) is 0 Å². The fraction of sp³-hybridized carbons (Fsp3) is 0.462. The van der Waals surface area contributed by atoms with E-state index in [0.29, 0.717) is 0 Å². The summed E-state index contributed by atoms with van der Waals surface area (Å²) in [6.45, 7) is 4.24. The molecule has 0 bridgehead atoms. The van der Waals surface area contributed by atoms with Crippen molar-refractivity contribution in [2.45, 2.75) is 33.1 Å². The van der Waals surface area contributed by atoms with Crippen LogP contribution in [0.5, 0.6) is 0 Å². The van der Waals surface area contributed by atoms with Crippen molar-refractivity contribution >= 4 is 11.4 Å². The van der Waals surface area contributed by atoms with Crippen molar-refractivity contribution in [2.75, 3.05) is 12.8 Å². The molecule has 0 aliphatic heterocycles. The second-order valence-electron chi connectivity index (χ2n) is 4.30. The maximum absolute atomic E-state index is 6.16. The van der Waals surface area contributed by atoms with E-state index >= 15 is 0 Å². The minimum absolute atomic E-state index is 0.927. The van der Waals surface area contributed by atoms with Crippen LogP contribution in [-0.2, 0) is 6.42 Å². The zero-order chi connectivity index (χ0) is 11.0. The fourth-order valence-corrected chi connectivity index (χ4v) is 2.48. The highest BCUT2D eigenvalue weighted by atomic mass is 14.7. The molecule has 15 heavy (non-hydrogen) atoms. The Morgan fingerprint density at radius 1 is 1.20 bits per heavy atom. The highest BCUT2D eigenvalue weighted by molar-refractivity contribution is 6.07. The number of nitrogens with zero attached hydrogens (tertiary/aromatic N) is 1. The molecule has 0 saturated heterocycles. The molecule has 2 rings (SSSR count). The molecular weight excluding hydrogens is 184 g/mol. The second kappa shape index (κ2) is 3.69. The Balaban J connectivity index is 2.73. The summed E-state index contributed by atoms with van der Waals surface area (Å²) >= 11 is 0. The van der Waals surface area contributed by atoms with Gasteiger partial charge in [0.25, 0.3) is 0 Å². The number of aryl methyl sites for hydroxylation is 2. The van der Waals surface area contributed by atoms with Gasteiger partial charge in [-0.2, -0.15) is 0 Å². The molecule has 0 spiro atoms. The van der Waals surface area contributed by atoms with Crippen molar-refractivity contribution in [3.63, 3.8) is 0 Å². The van der Waals surface area contributed by atoms with Crippen LogP contribution in [0.2, 0.25) is 0 Å². The lowest BCUT2D eigenvalue weighted by molar-refractivity contribution is 0.831. The van der Waals surface area contributed by atoms with Gasteiger partial charge >= 0.3 is 0 Å². The van der Waals surface area contributed by atoms with Gasteiger partial charge in [0.05, 0.1) is 0 Å². The quantitative estimate of drug-likeness (QED) is 0.645. The van der Waals surface area contributed by atoms with Gasteiger partial charge < -0.3 is 5.73 Å². The topological polar surface area (TPSA) is 38.4 Å². The first-order chi connectivity index (χ1) is 7.15. The first-order valence-electron chi connectivity index (χ1n) is 5.49. The molecule has 1 aliphatic rings. The van der Waals surface area contributed by atoms with E-state index < -0.39 is 0 Å². The molecule has 0 heterocycles. The number of anilines is 1. The molecule has 0 fully saturated rings. The Morgan fingerprint density at radius 2 is 1.93 bits per heavy atom. The van der Waals surface area contributed by atoms with E-state index in [4.69, 9.17) is 5.73 Å². The van der Waals surface area contributed by atoms with Crippen molar-refractivity contribution in [3.05, 3.63) is 28.3 Å². The van der Waals surface area contributed by atoms with E-state index in [1.165, 1.54) is 34.4 Å². The minimum atomic E-state index is 0.927. The highest BCUT2D eigenvalue weighted by Gasteiger charge is 2.20. The van der Waals surface area contributed by atoms with Crippen molar-refractivity contribution in [3.8, 4) is 0 Å². The van der Waals surface area contributed by atoms with E-state index in [-0.39, 0.29) is 0 Å². The number of nitrogens with two attached hydrogens (primary N) is 1. The largest absolute Gasteiger partial charge is 0.398 e. The van der Waals surface area contributed by atoms with Crippen LogP contribution >= 0.6 is 0 Å². The Morgan fingerprint density at radius 3 is 2.60 bits per heavy atom. The first-order valence-corrected chi connectivity index (χ1v) is 5.49. The van der Waals surface area contributed by atoms with Crippen molar-refractivity contribution in [2.24, 2.45) is 4.99 Å². The standard InChI is InChI=1S/C13H18N2/c1-8-7-9(2)13(14)12-10(8)5-4-6-11(12)15-3/h7H,4-6,14H2,1-3H3. The van der Waals surface area contributed by atoms with Crippen LogP contribution in [0.4, 0.5) is 5.69 Å². The Bertz CT molecular complexity index is 431. The van der Waals surface area contributed by atoms with Crippen LogP contribution in [0.1, 0.15) is 35.1 Å². The van der Waals surface area contributed by atoms with E-state index in [1.54, 1.807) is 0 Å². The molecule has 0 amide bonds. The average molecular weight is 202 g/mol. The van der Waals surface area contributed by atoms with Gasteiger partial charge in [0.15, 0.2) is 0 Å². The third kappa shape index (κ3) is 1.54. The van der Waals surface area contributed by atoms with E-state index in [1.807, 2.05) is 7.05 Å². The van der Waals surface area contributed by atoms with Gasteiger partial charge in [0, 0.05) is 24.0 Å². The Hall–Kier alpha value is -1.31. The van der Waals surface area contributed by atoms with Gasteiger partial charge in [-0.3, -0.25) is 4.99 Å². The summed E-state index contributed by atoms with van der Waals surface area (Å²) in [5.41, 5.74) is 13.4. The summed E-state index contributed by atoms with van der Waals surface area (Å²) < 4.78 is 0. The molecule has 0 saturated carbocycles. The van der Waals surface area contributed by atoms with E-state index in [9.17, 15) is 0 Å². The second-order valence-corrected chi connectivity index (χ2v) is 4.30. The SMILES string of the molecule is CN=C1CCCc2c(C)cc(C)c(N)c21. The summed E-state index contributed by atoms with van der Waals surface area (Å²) in [5.74, 6) is 0. The van der Waals surface area contributed by atoms with Gasteiger partial charge in [-0.25, -0.2) is 0 Å². The molecule has 2 heteroatoms. The van der Waals surface area contributed by atoms with Gasteiger partial charge in [-0.1, -0.05) is 6.07 Å². The summed E-state index contributed by atoms with van der Waals surface area (Å²) in [7, 11) is 1.86. The number of benzene rings is 1. The van der Waals surface area contributed by atoms with Crippen LogP contribution in [0.25, 0.3) is 0 Å². The lowest BCUT2D eigenvalue weighted by Crippen LogP contribution is -2.16. The molecule has 1 aromatic carbocycles. The van der Waals surface area contributed by atoms with Crippen LogP contribution in [-0.4, -0.2) is 12.8 Å². The molecule has 0 aromatic heterocycles. The molecule has 0 atom stereocenters. The summed E-state index contributed by atoms with van der Waals surface area (Å²) in [6, 6.07) is 2.19. The molecule has 1 aromatic rings. The monoisotopic (exact) mass is 202 g/mol. The van der Waals surface area contributed by atoms with Gasteiger partial charge in [-0.05, 0) is 49.8 Å². The van der Waals surface area contributed by atoms with Crippen molar-refractivity contribution in [1.82, 2.24) is 0 Å². The Labute approximate surface area is 91.2 Å². The highest BCUT2D eigenvalue weighted by Crippen LogP contribution is 2.31. The summed E-state index contributed by atoms with van der Waals surface area (Å²) in [5, 5.41) is 0. The molecule has 0 radical (unpaired) electrons. The number of aliphatic imine (C=N–C) groups is 1.